The molecule has 0 bridgehead atoms. The minimum absolute atomic E-state index is 0.163. The van der Waals surface area contributed by atoms with E-state index < -0.39 is 0 Å². The molecule has 1 amide bonds. The maximum Gasteiger partial charge on any atom is 0.409 e. The minimum Gasteiger partial charge on any atom is -0.450 e. The second kappa shape index (κ2) is 6.74. The number of likely N-dealkylation sites (tertiary alicyclic amines) is 1. The summed E-state index contributed by atoms with van der Waals surface area (Å²) in [5.41, 5.74) is 0. The third-order valence-electron chi connectivity index (χ3n) is 3.15. The van der Waals surface area contributed by atoms with Gasteiger partial charge in [-0.05, 0) is 33.1 Å². The molecule has 0 aliphatic carbocycles. The molecule has 4 heteroatoms. The number of piperidine rings is 1. The Balaban J connectivity index is 2.25. The first-order valence-electron chi connectivity index (χ1n) is 6.35. The molecular formula is C12H24N2O2. The topological polar surface area (TPSA) is 41.6 Å². The number of ether oxygens (including phenoxy) is 1. The highest BCUT2D eigenvalue weighted by atomic mass is 16.6. The van der Waals surface area contributed by atoms with Crippen LogP contribution in [-0.4, -0.2) is 42.8 Å². The molecule has 1 unspecified atom stereocenters. The van der Waals surface area contributed by atoms with E-state index in [9.17, 15) is 4.79 Å². The highest BCUT2D eigenvalue weighted by molar-refractivity contribution is 5.67. The number of carbonyl (C=O) groups excluding carboxylic acids is 1. The molecule has 0 saturated carbocycles. The Morgan fingerprint density at radius 2 is 2.06 bits per heavy atom. The molecule has 0 spiro atoms. The van der Waals surface area contributed by atoms with Crippen LogP contribution in [0.2, 0.25) is 0 Å². The van der Waals surface area contributed by atoms with Gasteiger partial charge in [0.2, 0.25) is 0 Å². The molecule has 1 rings (SSSR count). The van der Waals surface area contributed by atoms with Gasteiger partial charge in [0.15, 0.2) is 0 Å². The van der Waals surface area contributed by atoms with Gasteiger partial charge in [0, 0.05) is 25.2 Å². The van der Waals surface area contributed by atoms with Crippen molar-refractivity contribution in [2.45, 2.75) is 52.1 Å². The average molecular weight is 228 g/mol. The van der Waals surface area contributed by atoms with Crippen LogP contribution < -0.4 is 5.32 Å². The van der Waals surface area contributed by atoms with Crippen molar-refractivity contribution < 1.29 is 9.53 Å². The van der Waals surface area contributed by atoms with Crippen molar-refractivity contribution in [1.29, 1.82) is 0 Å². The van der Waals surface area contributed by atoms with E-state index in [0.717, 1.165) is 32.4 Å². The number of hydrogen-bond donors (Lipinski definition) is 1. The fraction of sp³-hybridized carbons (Fsp3) is 0.917. The summed E-state index contributed by atoms with van der Waals surface area (Å²) in [6.45, 7) is 8.32. The molecule has 0 aromatic carbocycles. The maximum atomic E-state index is 11.5. The molecule has 0 aromatic rings. The van der Waals surface area contributed by atoms with E-state index in [1.165, 1.54) is 0 Å². The van der Waals surface area contributed by atoms with Crippen molar-refractivity contribution in [2.24, 2.45) is 0 Å². The summed E-state index contributed by atoms with van der Waals surface area (Å²) in [6.07, 6.45) is 3.05. The Morgan fingerprint density at radius 3 is 2.56 bits per heavy atom. The lowest BCUT2D eigenvalue weighted by molar-refractivity contribution is 0.0943. The molecule has 1 fully saturated rings. The fourth-order valence-corrected chi connectivity index (χ4v) is 1.96. The highest BCUT2D eigenvalue weighted by Crippen LogP contribution is 2.12. The van der Waals surface area contributed by atoms with E-state index in [4.69, 9.17) is 4.74 Å². The van der Waals surface area contributed by atoms with E-state index in [0.29, 0.717) is 18.7 Å². The van der Waals surface area contributed by atoms with Crippen molar-refractivity contribution in [3.05, 3.63) is 0 Å². The van der Waals surface area contributed by atoms with Crippen LogP contribution in [0, 0.1) is 0 Å². The van der Waals surface area contributed by atoms with Gasteiger partial charge in [0.1, 0.15) is 0 Å². The van der Waals surface area contributed by atoms with Crippen LogP contribution in [0.1, 0.15) is 40.0 Å². The number of nitrogens with zero attached hydrogens (tertiary/aromatic N) is 1. The molecule has 94 valence electrons. The Bertz CT molecular complexity index is 213. The first-order valence-corrected chi connectivity index (χ1v) is 6.35. The maximum absolute atomic E-state index is 11.5. The predicted octanol–water partition coefficient (Wildman–Crippen LogP) is 2.00. The Hall–Kier alpha value is -0.770. The molecule has 4 nitrogen and oxygen atoms in total. The summed E-state index contributed by atoms with van der Waals surface area (Å²) < 4.78 is 4.99. The average Bonchev–Trinajstić information content (AvgIpc) is 2.30. The van der Waals surface area contributed by atoms with Gasteiger partial charge < -0.3 is 15.0 Å². The molecule has 1 aliphatic rings. The van der Waals surface area contributed by atoms with Crippen LogP contribution in [-0.2, 0) is 4.74 Å². The van der Waals surface area contributed by atoms with Crippen molar-refractivity contribution in [3.63, 3.8) is 0 Å². The molecule has 1 aliphatic heterocycles. The highest BCUT2D eigenvalue weighted by Gasteiger charge is 2.23. The third-order valence-corrected chi connectivity index (χ3v) is 3.15. The van der Waals surface area contributed by atoms with E-state index in [-0.39, 0.29) is 6.09 Å². The van der Waals surface area contributed by atoms with Gasteiger partial charge in [-0.1, -0.05) is 6.92 Å². The Morgan fingerprint density at radius 1 is 1.44 bits per heavy atom. The lowest BCUT2D eigenvalue weighted by Gasteiger charge is -2.33. The summed E-state index contributed by atoms with van der Waals surface area (Å²) in [5.74, 6) is 0. The summed E-state index contributed by atoms with van der Waals surface area (Å²) in [4.78, 5) is 13.3. The number of rotatable bonds is 4. The van der Waals surface area contributed by atoms with Gasteiger partial charge in [-0.15, -0.1) is 0 Å². The standard InChI is InChI=1S/C12H24N2O2/c1-4-10(3)13-11-6-8-14(9-7-11)12(15)16-5-2/h10-11,13H,4-9H2,1-3H3. The molecule has 0 radical (unpaired) electrons. The molecule has 1 atom stereocenters. The van der Waals surface area contributed by atoms with Crippen LogP contribution in [0.4, 0.5) is 4.79 Å². The summed E-state index contributed by atoms with van der Waals surface area (Å²) in [5, 5.41) is 3.58. The monoisotopic (exact) mass is 228 g/mol. The molecule has 1 heterocycles. The van der Waals surface area contributed by atoms with E-state index in [1.54, 1.807) is 4.90 Å². The van der Waals surface area contributed by atoms with Crippen molar-refractivity contribution in [2.75, 3.05) is 19.7 Å². The zero-order chi connectivity index (χ0) is 12.0. The number of nitrogens with one attached hydrogen (secondary N) is 1. The Labute approximate surface area is 98.3 Å². The van der Waals surface area contributed by atoms with Gasteiger partial charge in [-0.3, -0.25) is 0 Å². The first-order chi connectivity index (χ1) is 7.67. The summed E-state index contributed by atoms with van der Waals surface area (Å²) >= 11 is 0. The van der Waals surface area contributed by atoms with E-state index >= 15 is 0 Å². The molecule has 1 saturated heterocycles. The van der Waals surface area contributed by atoms with Crippen LogP contribution >= 0.6 is 0 Å². The normalized spacial score (nSPS) is 19.6. The van der Waals surface area contributed by atoms with Crippen molar-refractivity contribution in [1.82, 2.24) is 10.2 Å². The molecule has 0 aromatic heterocycles. The quantitative estimate of drug-likeness (QED) is 0.800. The zero-order valence-corrected chi connectivity index (χ0v) is 10.7. The van der Waals surface area contributed by atoms with Gasteiger partial charge in [-0.25, -0.2) is 4.79 Å². The van der Waals surface area contributed by atoms with E-state index in [1.807, 2.05) is 6.92 Å². The van der Waals surface area contributed by atoms with Crippen LogP contribution in [0.15, 0.2) is 0 Å². The predicted molar refractivity (Wildman–Crippen MR) is 64.5 cm³/mol. The minimum atomic E-state index is -0.163. The Kier molecular flexibility index (Phi) is 5.60. The SMILES string of the molecule is CCOC(=O)N1CCC(NC(C)CC)CC1. The number of carbonyl (C=O) groups is 1. The van der Waals surface area contributed by atoms with Crippen molar-refractivity contribution in [3.8, 4) is 0 Å². The summed E-state index contributed by atoms with van der Waals surface area (Å²) in [7, 11) is 0. The second-order valence-corrected chi connectivity index (χ2v) is 4.44. The first kappa shape index (κ1) is 13.3. The second-order valence-electron chi connectivity index (χ2n) is 4.44. The van der Waals surface area contributed by atoms with Gasteiger partial charge in [0.05, 0.1) is 6.61 Å². The largest absolute Gasteiger partial charge is 0.450 e. The zero-order valence-electron chi connectivity index (χ0n) is 10.7. The molecular weight excluding hydrogens is 204 g/mol. The van der Waals surface area contributed by atoms with E-state index in [2.05, 4.69) is 19.2 Å². The van der Waals surface area contributed by atoms with Crippen LogP contribution in [0.3, 0.4) is 0 Å². The number of amides is 1. The molecule has 16 heavy (non-hydrogen) atoms. The van der Waals surface area contributed by atoms with Gasteiger partial charge >= 0.3 is 6.09 Å². The smallest absolute Gasteiger partial charge is 0.409 e. The van der Waals surface area contributed by atoms with Gasteiger partial charge in [0.25, 0.3) is 0 Å². The lowest BCUT2D eigenvalue weighted by atomic mass is 10.0. The van der Waals surface area contributed by atoms with Crippen LogP contribution in [0.5, 0.6) is 0 Å². The summed E-state index contributed by atoms with van der Waals surface area (Å²) in [6, 6.07) is 1.12. The third kappa shape index (κ3) is 4.00. The van der Waals surface area contributed by atoms with Crippen LogP contribution in [0.25, 0.3) is 0 Å². The molecule has 1 N–H and O–H groups in total. The fourth-order valence-electron chi connectivity index (χ4n) is 1.96. The lowest BCUT2D eigenvalue weighted by Crippen LogP contribution is -2.47. The van der Waals surface area contributed by atoms with Crippen molar-refractivity contribution >= 4 is 6.09 Å². The number of hydrogen-bond acceptors (Lipinski definition) is 3. The van der Waals surface area contributed by atoms with Gasteiger partial charge in [-0.2, -0.15) is 0 Å².